The summed E-state index contributed by atoms with van der Waals surface area (Å²) in [6, 6.07) is 9.85. The Bertz CT molecular complexity index is 1080. The van der Waals surface area contributed by atoms with Gasteiger partial charge in [0, 0.05) is 0 Å². The molecule has 8 nitrogen and oxygen atoms in total. The van der Waals surface area contributed by atoms with Gasteiger partial charge >= 0.3 is 0 Å². The number of aromatic nitrogens is 2. The van der Waals surface area contributed by atoms with Gasteiger partial charge in [0.2, 0.25) is 15.9 Å². The lowest BCUT2D eigenvalue weighted by Gasteiger charge is -2.22. The highest BCUT2D eigenvalue weighted by Crippen LogP contribution is 2.24. The fourth-order valence-electron chi connectivity index (χ4n) is 2.51. The highest BCUT2D eigenvalue weighted by Gasteiger charge is 2.30. The monoisotopic (exact) mass is 406 g/mol. The smallest absolute Gasteiger partial charge is 0.243 e. The van der Waals surface area contributed by atoms with Crippen molar-refractivity contribution in [3.63, 3.8) is 0 Å². The maximum Gasteiger partial charge on any atom is 0.243 e. The molecule has 0 saturated heterocycles. The molecule has 1 amide bonds. The summed E-state index contributed by atoms with van der Waals surface area (Å²) in [5.74, 6) is -1.01. The molecule has 0 bridgehead atoms. The Hall–Kier alpha value is -2.56. The third-order valence-corrected chi connectivity index (χ3v) is 5.95. The number of benzene rings is 2. The van der Waals surface area contributed by atoms with Crippen LogP contribution < -0.4 is 10.0 Å². The van der Waals surface area contributed by atoms with Gasteiger partial charge in [-0.05, 0) is 30.2 Å². The first-order valence-electron chi connectivity index (χ1n) is 8.12. The van der Waals surface area contributed by atoms with Crippen LogP contribution in [0.25, 0.3) is 11.0 Å². The fraction of sp³-hybridized carbons (Fsp3) is 0.235. The number of nitrogens with one attached hydrogen (secondary N) is 2. The Morgan fingerprint density at radius 2 is 1.85 bits per heavy atom. The number of aromatic hydroxyl groups is 1. The Kier molecular flexibility index (Phi) is 5.40. The van der Waals surface area contributed by atoms with Crippen LogP contribution in [-0.2, 0) is 14.8 Å². The van der Waals surface area contributed by atoms with Crippen LogP contribution in [0.3, 0.4) is 0 Å². The minimum absolute atomic E-state index is 0.0326. The first-order chi connectivity index (χ1) is 12.8. The number of amides is 1. The van der Waals surface area contributed by atoms with Crippen molar-refractivity contribution in [3.05, 3.63) is 42.5 Å². The van der Waals surface area contributed by atoms with Gasteiger partial charge < -0.3 is 10.4 Å². The summed E-state index contributed by atoms with van der Waals surface area (Å²) in [5, 5.41) is 12.4. The second-order valence-corrected chi connectivity index (χ2v) is 8.45. The zero-order chi connectivity index (χ0) is 19.6. The molecule has 1 atom stereocenters. The van der Waals surface area contributed by atoms with E-state index in [1.54, 1.807) is 38.1 Å². The van der Waals surface area contributed by atoms with Crippen LogP contribution in [-0.4, -0.2) is 34.2 Å². The number of sulfonamides is 1. The van der Waals surface area contributed by atoms with Crippen LogP contribution in [0.2, 0.25) is 0 Å². The predicted octanol–water partition coefficient (Wildman–Crippen LogP) is 2.34. The second kappa shape index (κ2) is 7.59. The predicted molar refractivity (Wildman–Crippen MR) is 103 cm³/mol. The molecule has 1 heterocycles. The summed E-state index contributed by atoms with van der Waals surface area (Å²) in [6.07, 6.45) is 0. The van der Waals surface area contributed by atoms with Crippen LogP contribution in [0.15, 0.2) is 47.4 Å². The standard InChI is InChI=1S/C17H18N4O4S2/c1-10(2)15(17(23)18-11-6-3-4-8-13(11)22)21-27(24,25)14-9-5-7-12-16(14)20-26-19-12/h3-10,15,21-22H,1-2H3,(H,18,23). The molecule has 1 aromatic heterocycles. The van der Waals surface area contributed by atoms with E-state index in [2.05, 4.69) is 18.8 Å². The van der Waals surface area contributed by atoms with E-state index < -0.39 is 22.0 Å². The Morgan fingerprint density at radius 3 is 2.56 bits per heavy atom. The first kappa shape index (κ1) is 19.2. The van der Waals surface area contributed by atoms with Crippen LogP contribution in [0, 0.1) is 5.92 Å². The summed E-state index contributed by atoms with van der Waals surface area (Å²) in [5.41, 5.74) is 0.944. The highest BCUT2D eigenvalue weighted by atomic mass is 32.2. The van der Waals surface area contributed by atoms with Gasteiger partial charge in [0.15, 0.2) is 0 Å². The molecule has 3 N–H and O–H groups in total. The average molecular weight is 406 g/mol. The molecule has 142 valence electrons. The van der Waals surface area contributed by atoms with Crippen molar-refractivity contribution in [1.29, 1.82) is 0 Å². The quantitative estimate of drug-likeness (QED) is 0.540. The lowest BCUT2D eigenvalue weighted by Crippen LogP contribution is -2.47. The van der Waals surface area contributed by atoms with E-state index >= 15 is 0 Å². The van der Waals surface area contributed by atoms with E-state index in [1.807, 2.05) is 0 Å². The second-order valence-electron chi connectivity index (χ2n) is 6.24. The van der Waals surface area contributed by atoms with Crippen LogP contribution in [0.1, 0.15) is 13.8 Å². The lowest BCUT2D eigenvalue weighted by molar-refractivity contribution is -0.118. The fourth-order valence-corrected chi connectivity index (χ4v) is 4.62. The molecule has 0 aliphatic heterocycles. The van der Waals surface area contributed by atoms with Crippen molar-refractivity contribution < 1.29 is 18.3 Å². The maximum absolute atomic E-state index is 12.9. The third-order valence-electron chi connectivity index (χ3n) is 3.93. The number of phenolic OH excluding ortho intramolecular Hbond substituents is 1. The highest BCUT2D eigenvalue weighted by molar-refractivity contribution is 7.89. The maximum atomic E-state index is 12.9. The summed E-state index contributed by atoms with van der Waals surface area (Å²) in [6.45, 7) is 3.45. The largest absolute Gasteiger partial charge is 0.506 e. The van der Waals surface area contributed by atoms with E-state index in [9.17, 15) is 18.3 Å². The zero-order valence-corrected chi connectivity index (χ0v) is 16.2. The molecule has 27 heavy (non-hydrogen) atoms. The van der Waals surface area contributed by atoms with Crippen molar-refractivity contribution in [2.45, 2.75) is 24.8 Å². The number of hydrogen-bond donors (Lipinski definition) is 3. The van der Waals surface area contributed by atoms with Crippen molar-refractivity contribution >= 4 is 44.4 Å². The molecule has 0 fully saturated rings. The van der Waals surface area contributed by atoms with Gasteiger partial charge in [0.25, 0.3) is 0 Å². The number of anilines is 1. The minimum Gasteiger partial charge on any atom is -0.506 e. The zero-order valence-electron chi connectivity index (χ0n) is 14.6. The number of para-hydroxylation sites is 2. The van der Waals surface area contributed by atoms with E-state index in [0.29, 0.717) is 5.52 Å². The normalized spacial score (nSPS) is 13.0. The number of carbonyl (C=O) groups excluding carboxylic acids is 1. The van der Waals surface area contributed by atoms with E-state index in [1.165, 1.54) is 18.2 Å². The molecule has 10 heteroatoms. The van der Waals surface area contributed by atoms with E-state index in [4.69, 9.17) is 0 Å². The minimum atomic E-state index is -4.02. The molecular formula is C17H18N4O4S2. The van der Waals surface area contributed by atoms with Crippen LogP contribution in [0.4, 0.5) is 5.69 Å². The summed E-state index contributed by atoms with van der Waals surface area (Å²) in [7, 11) is -4.02. The molecule has 0 aliphatic carbocycles. The molecule has 0 saturated carbocycles. The third kappa shape index (κ3) is 4.07. The van der Waals surface area contributed by atoms with Gasteiger partial charge in [-0.15, -0.1) is 0 Å². The first-order valence-corrected chi connectivity index (χ1v) is 10.3. The van der Waals surface area contributed by atoms with Gasteiger partial charge in [-0.1, -0.05) is 32.0 Å². The van der Waals surface area contributed by atoms with E-state index in [0.717, 1.165) is 11.7 Å². The molecule has 0 aliphatic rings. The van der Waals surface area contributed by atoms with Gasteiger partial charge in [-0.25, -0.2) is 8.42 Å². The molecule has 3 aromatic rings. The summed E-state index contributed by atoms with van der Waals surface area (Å²) in [4.78, 5) is 12.6. The number of rotatable bonds is 6. The van der Waals surface area contributed by atoms with Crippen molar-refractivity contribution in [3.8, 4) is 5.75 Å². The summed E-state index contributed by atoms with van der Waals surface area (Å²) >= 11 is 0.919. The topological polar surface area (TPSA) is 121 Å². The van der Waals surface area contributed by atoms with E-state index in [-0.39, 0.29) is 27.8 Å². The molecule has 3 rings (SSSR count). The average Bonchev–Trinajstić information content (AvgIpc) is 3.10. The molecular weight excluding hydrogens is 388 g/mol. The number of carbonyl (C=O) groups is 1. The molecule has 0 radical (unpaired) electrons. The van der Waals surface area contributed by atoms with Gasteiger partial charge in [-0.2, -0.15) is 13.5 Å². The number of phenols is 1. The lowest BCUT2D eigenvalue weighted by atomic mass is 10.0. The molecule has 0 spiro atoms. The Balaban J connectivity index is 1.88. The Labute approximate surface area is 160 Å². The SMILES string of the molecule is CC(C)C(NS(=O)(=O)c1cccc2nsnc12)C(=O)Nc1ccccc1O. The van der Waals surface area contributed by atoms with Crippen molar-refractivity contribution in [2.75, 3.05) is 5.32 Å². The van der Waals surface area contributed by atoms with Gasteiger partial charge in [0.1, 0.15) is 27.7 Å². The van der Waals surface area contributed by atoms with Crippen molar-refractivity contribution in [1.82, 2.24) is 13.5 Å². The van der Waals surface area contributed by atoms with Crippen molar-refractivity contribution in [2.24, 2.45) is 5.92 Å². The molecule has 2 aromatic carbocycles. The van der Waals surface area contributed by atoms with Crippen LogP contribution in [0.5, 0.6) is 5.75 Å². The van der Waals surface area contributed by atoms with Gasteiger partial charge in [0.05, 0.1) is 17.4 Å². The number of hydrogen-bond acceptors (Lipinski definition) is 7. The summed E-state index contributed by atoms with van der Waals surface area (Å²) < 4.78 is 36.3. The van der Waals surface area contributed by atoms with Crippen LogP contribution >= 0.6 is 11.7 Å². The Morgan fingerprint density at radius 1 is 1.11 bits per heavy atom. The number of nitrogens with zero attached hydrogens (tertiary/aromatic N) is 2. The molecule has 1 unspecified atom stereocenters. The number of fused-ring (bicyclic) bond motifs is 1. The van der Waals surface area contributed by atoms with Gasteiger partial charge in [-0.3, -0.25) is 4.79 Å².